The van der Waals surface area contributed by atoms with Crippen LogP contribution in [0.3, 0.4) is 0 Å². The summed E-state index contributed by atoms with van der Waals surface area (Å²) in [6.07, 6.45) is 0.843. The minimum absolute atomic E-state index is 0.361. The van der Waals surface area contributed by atoms with Gasteiger partial charge in [0.25, 0.3) is 0 Å². The second kappa shape index (κ2) is 7.13. The predicted octanol–water partition coefficient (Wildman–Crippen LogP) is 3.10. The van der Waals surface area contributed by atoms with Gasteiger partial charge in [0.1, 0.15) is 0 Å². The van der Waals surface area contributed by atoms with Gasteiger partial charge in [0.15, 0.2) is 0 Å². The first-order valence-electron chi connectivity index (χ1n) is 7.64. The lowest BCUT2D eigenvalue weighted by molar-refractivity contribution is 0.432. The fourth-order valence-corrected chi connectivity index (χ4v) is 4.42. The molecule has 0 unspecified atom stereocenters. The molecule has 23 heavy (non-hydrogen) atoms. The summed E-state index contributed by atoms with van der Waals surface area (Å²) >= 11 is 3.42. The van der Waals surface area contributed by atoms with Crippen LogP contribution in [0.2, 0.25) is 0 Å². The Morgan fingerprint density at radius 1 is 0.870 bits per heavy atom. The van der Waals surface area contributed by atoms with Crippen LogP contribution in [-0.2, 0) is 10.0 Å². The third kappa shape index (κ3) is 3.83. The fraction of sp³-hybridized carbons (Fsp3) is 0.294. The van der Waals surface area contributed by atoms with E-state index < -0.39 is 10.0 Å². The Morgan fingerprint density at radius 2 is 1.48 bits per heavy atom. The van der Waals surface area contributed by atoms with Gasteiger partial charge in [-0.25, -0.2) is 8.42 Å². The normalized spacial score (nSPS) is 16.9. The molecule has 2 aromatic carbocycles. The van der Waals surface area contributed by atoms with Crippen LogP contribution in [0.4, 0.5) is 0 Å². The Morgan fingerprint density at radius 3 is 2.13 bits per heavy atom. The fourth-order valence-electron chi connectivity index (χ4n) is 2.67. The van der Waals surface area contributed by atoms with Crippen molar-refractivity contribution in [1.82, 2.24) is 9.62 Å². The number of halogens is 1. The third-order valence-electron chi connectivity index (χ3n) is 3.97. The van der Waals surface area contributed by atoms with Gasteiger partial charge in [-0.05, 0) is 48.4 Å². The van der Waals surface area contributed by atoms with E-state index in [9.17, 15) is 8.42 Å². The highest BCUT2D eigenvalue weighted by molar-refractivity contribution is 9.10. The Hall–Kier alpha value is -1.21. The summed E-state index contributed by atoms with van der Waals surface area (Å²) < 4.78 is 28.0. The molecule has 0 bridgehead atoms. The quantitative estimate of drug-likeness (QED) is 0.869. The van der Waals surface area contributed by atoms with Gasteiger partial charge in [0.2, 0.25) is 10.0 Å². The van der Waals surface area contributed by atoms with Crippen molar-refractivity contribution in [1.29, 1.82) is 0 Å². The number of hydrogen-bond acceptors (Lipinski definition) is 3. The Kier molecular flexibility index (Phi) is 5.16. The predicted molar refractivity (Wildman–Crippen MR) is 95.8 cm³/mol. The van der Waals surface area contributed by atoms with Crippen molar-refractivity contribution in [3.05, 3.63) is 53.0 Å². The van der Waals surface area contributed by atoms with E-state index in [1.807, 2.05) is 36.4 Å². The number of nitrogens with one attached hydrogen (secondary N) is 1. The van der Waals surface area contributed by atoms with E-state index in [1.54, 1.807) is 16.4 Å². The van der Waals surface area contributed by atoms with Crippen LogP contribution in [0.5, 0.6) is 0 Å². The van der Waals surface area contributed by atoms with E-state index in [4.69, 9.17) is 0 Å². The molecule has 2 aromatic rings. The molecule has 1 N–H and O–H groups in total. The summed E-state index contributed by atoms with van der Waals surface area (Å²) in [6, 6.07) is 15.1. The van der Waals surface area contributed by atoms with Gasteiger partial charge in [0.05, 0.1) is 4.90 Å². The molecule has 0 aromatic heterocycles. The zero-order chi connectivity index (χ0) is 16.3. The van der Waals surface area contributed by atoms with Gasteiger partial charge in [-0.15, -0.1) is 0 Å². The number of rotatable bonds is 3. The van der Waals surface area contributed by atoms with Crippen molar-refractivity contribution in [3.63, 3.8) is 0 Å². The second-order valence-corrected chi connectivity index (χ2v) is 8.39. The van der Waals surface area contributed by atoms with Gasteiger partial charge < -0.3 is 5.32 Å². The van der Waals surface area contributed by atoms with E-state index in [0.717, 1.165) is 28.6 Å². The van der Waals surface area contributed by atoms with Crippen LogP contribution >= 0.6 is 15.9 Å². The molecule has 0 aliphatic carbocycles. The summed E-state index contributed by atoms with van der Waals surface area (Å²) in [7, 11) is -3.41. The maximum atomic E-state index is 12.7. The van der Waals surface area contributed by atoms with Crippen LogP contribution in [0.1, 0.15) is 6.42 Å². The number of nitrogens with zero attached hydrogens (tertiary/aromatic N) is 1. The highest BCUT2D eigenvalue weighted by Crippen LogP contribution is 2.24. The van der Waals surface area contributed by atoms with Crippen LogP contribution in [0, 0.1) is 0 Å². The van der Waals surface area contributed by atoms with E-state index in [1.165, 1.54) is 0 Å². The minimum atomic E-state index is -3.41. The molecule has 1 fully saturated rings. The highest BCUT2D eigenvalue weighted by Gasteiger charge is 2.24. The van der Waals surface area contributed by atoms with Crippen LogP contribution in [0.15, 0.2) is 57.9 Å². The Balaban J connectivity index is 1.84. The molecule has 0 saturated carbocycles. The molecule has 3 rings (SSSR count). The van der Waals surface area contributed by atoms with Gasteiger partial charge in [0, 0.05) is 24.1 Å². The lowest BCUT2D eigenvalue weighted by Gasteiger charge is -2.19. The first kappa shape index (κ1) is 16.6. The van der Waals surface area contributed by atoms with Crippen molar-refractivity contribution < 1.29 is 8.42 Å². The summed E-state index contributed by atoms with van der Waals surface area (Å²) in [6.45, 7) is 2.67. The van der Waals surface area contributed by atoms with E-state index in [2.05, 4.69) is 21.2 Å². The van der Waals surface area contributed by atoms with E-state index in [0.29, 0.717) is 24.5 Å². The summed E-state index contributed by atoms with van der Waals surface area (Å²) in [5.74, 6) is 0. The summed E-state index contributed by atoms with van der Waals surface area (Å²) in [5, 5.41) is 3.23. The molecule has 6 heteroatoms. The van der Waals surface area contributed by atoms with E-state index in [-0.39, 0.29) is 0 Å². The first-order chi connectivity index (χ1) is 11.1. The van der Waals surface area contributed by atoms with E-state index >= 15 is 0 Å². The second-order valence-electron chi connectivity index (χ2n) is 5.54. The molecule has 4 nitrogen and oxygen atoms in total. The van der Waals surface area contributed by atoms with Crippen molar-refractivity contribution in [2.45, 2.75) is 11.3 Å². The van der Waals surface area contributed by atoms with Crippen molar-refractivity contribution >= 4 is 26.0 Å². The zero-order valence-corrected chi connectivity index (χ0v) is 15.1. The maximum Gasteiger partial charge on any atom is 0.243 e. The molecule has 1 saturated heterocycles. The number of sulfonamides is 1. The Labute approximate surface area is 145 Å². The molecular weight excluding hydrogens is 376 g/mol. The molecule has 0 atom stereocenters. The summed E-state index contributed by atoms with van der Waals surface area (Å²) in [4.78, 5) is 0.361. The van der Waals surface area contributed by atoms with Gasteiger partial charge >= 0.3 is 0 Å². The molecular formula is C17H19BrN2O2S. The third-order valence-corrected chi connectivity index (χ3v) is 6.41. The zero-order valence-electron chi connectivity index (χ0n) is 12.7. The topological polar surface area (TPSA) is 49.4 Å². The largest absolute Gasteiger partial charge is 0.315 e. The van der Waals surface area contributed by atoms with Crippen molar-refractivity contribution in [2.24, 2.45) is 0 Å². The molecule has 0 amide bonds. The molecule has 1 aliphatic rings. The molecule has 1 aliphatic heterocycles. The minimum Gasteiger partial charge on any atom is -0.315 e. The van der Waals surface area contributed by atoms with Crippen LogP contribution in [-0.4, -0.2) is 38.9 Å². The lowest BCUT2D eigenvalue weighted by atomic mass is 10.1. The number of hydrogen-bond donors (Lipinski definition) is 1. The smallest absolute Gasteiger partial charge is 0.243 e. The molecule has 122 valence electrons. The van der Waals surface area contributed by atoms with Crippen molar-refractivity contribution in [2.75, 3.05) is 26.2 Å². The Bertz CT molecular complexity index is 750. The average molecular weight is 395 g/mol. The molecule has 0 spiro atoms. The molecule has 1 heterocycles. The van der Waals surface area contributed by atoms with Crippen LogP contribution in [0.25, 0.3) is 11.1 Å². The van der Waals surface area contributed by atoms with Gasteiger partial charge in [-0.1, -0.05) is 40.2 Å². The lowest BCUT2D eigenvalue weighted by Crippen LogP contribution is -2.34. The van der Waals surface area contributed by atoms with Gasteiger partial charge in [-0.3, -0.25) is 0 Å². The standard InChI is InChI=1S/C17H19BrN2O2S/c18-16-6-2-14(3-7-16)15-4-8-17(9-5-15)23(21,22)20-12-1-10-19-11-13-20/h2-9,19H,1,10-13H2. The van der Waals surface area contributed by atoms with Crippen LogP contribution < -0.4 is 5.32 Å². The monoisotopic (exact) mass is 394 g/mol. The average Bonchev–Trinajstić information content (AvgIpc) is 2.85. The summed E-state index contributed by atoms with van der Waals surface area (Å²) in [5.41, 5.74) is 2.07. The maximum absolute atomic E-state index is 12.7. The number of benzene rings is 2. The van der Waals surface area contributed by atoms with Gasteiger partial charge in [-0.2, -0.15) is 4.31 Å². The van der Waals surface area contributed by atoms with Crippen molar-refractivity contribution in [3.8, 4) is 11.1 Å². The molecule has 0 radical (unpaired) electrons. The highest BCUT2D eigenvalue weighted by atomic mass is 79.9. The first-order valence-corrected chi connectivity index (χ1v) is 9.87. The SMILES string of the molecule is O=S(=O)(c1ccc(-c2ccc(Br)cc2)cc1)N1CCCNCC1.